The van der Waals surface area contributed by atoms with Crippen molar-refractivity contribution in [2.45, 2.75) is 17.4 Å². The number of aromatic nitrogens is 3. The number of rotatable bonds is 6. The van der Waals surface area contributed by atoms with E-state index in [2.05, 4.69) is 20.5 Å². The molecule has 0 spiro atoms. The van der Waals surface area contributed by atoms with Gasteiger partial charge in [-0.15, -0.1) is 10.2 Å². The maximum Gasteiger partial charge on any atom is 0.277 e. The van der Waals surface area contributed by atoms with Crippen LogP contribution in [0.5, 0.6) is 5.75 Å². The predicted octanol–water partition coefficient (Wildman–Crippen LogP) is 3.91. The summed E-state index contributed by atoms with van der Waals surface area (Å²) >= 11 is 7.10. The van der Waals surface area contributed by atoms with Crippen LogP contribution in [0, 0.1) is 0 Å². The monoisotopic (exact) mass is 390 g/mol. The Hall–Kier alpha value is -2.58. The van der Waals surface area contributed by atoms with Gasteiger partial charge in [-0.3, -0.25) is 4.79 Å². The molecule has 0 saturated heterocycles. The maximum absolute atomic E-state index is 12.3. The fourth-order valence-electron chi connectivity index (χ4n) is 2.03. The number of ether oxygens (including phenoxy) is 1. The SMILES string of the molecule is COc1ccc(-c2nnc(S[C@@H](C)C(=O)Nc3cccnc3Cl)o2)cc1. The lowest BCUT2D eigenvalue weighted by atomic mass is 10.2. The van der Waals surface area contributed by atoms with Gasteiger partial charge in [-0.25, -0.2) is 4.98 Å². The molecule has 0 fully saturated rings. The molecule has 7 nitrogen and oxygen atoms in total. The molecule has 2 heterocycles. The minimum absolute atomic E-state index is 0.234. The Labute approximate surface area is 159 Å². The fourth-order valence-corrected chi connectivity index (χ4v) is 2.88. The highest BCUT2D eigenvalue weighted by molar-refractivity contribution is 8.00. The molecule has 0 radical (unpaired) electrons. The van der Waals surface area contributed by atoms with Crippen LogP contribution >= 0.6 is 23.4 Å². The van der Waals surface area contributed by atoms with E-state index in [9.17, 15) is 4.79 Å². The van der Waals surface area contributed by atoms with E-state index in [4.69, 9.17) is 20.8 Å². The van der Waals surface area contributed by atoms with E-state index in [0.29, 0.717) is 16.8 Å². The number of hydrogen-bond acceptors (Lipinski definition) is 7. The third-order valence-corrected chi connectivity index (χ3v) is 4.64. The number of methoxy groups -OCH3 is 1. The average Bonchev–Trinajstić information content (AvgIpc) is 3.12. The van der Waals surface area contributed by atoms with Crippen molar-refractivity contribution in [3.8, 4) is 17.2 Å². The maximum atomic E-state index is 12.3. The van der Waals surface area contributed by atoms with Crippen molar-refractivity contribution in [1.82, 2.24) is 15.2 Å². The number of pyridine rings is 1. The number of halogens is 1. The van der Waals surface area contributed by atoms with Crippen LogP contribution in [0.3, 0.4) is 0 Å². The van der Waals surface area contributed by atoms with Gasteiger partial charge in [0.15, 0.2) is 5.15 Å². The number of nitrogens with zero attached hydrogens (tertiary/aromatic N) is 3. The van der Waals surface area contributed by atoms with Gasteiger partial charge in [-0.05, 0) is 43.3 Å². The van der Waals surface area contributed by atoms with Crippen LogP contribution in [0.2, 0.25) is 5.15 Å². The number of nitrogens with one attached hydrogen (secondary N) is 1. The quantitative estimate of drug-likeness (QED) is 0.504. The van der Waals surface area contributed by atoms with Crippen molar-refractivity contribution in [3.05, 3.63) is 47.7 Å². The van der Waals surface area contributed by atoms with Crippen molar-refractivity contribution in [1.29, 1.82) is 0 Å². The largest absolute Gasteiger partial charge is 0.497 e. The van der Waals surface area contributed by atoms with Crippen LogP contribution in [0.4, 0.5) is 5.69 Å². The number of benzene rings is 1. The fraction of sp³-hybridized carbons (Fsp3) is 0.176. The second-order valence-corrected chi connectivity index (χ2v) is 6.84. The molecule has 26 heavy (non-hydrogen) atoms. The molecular formula is C17H15ClN4O3S. The molecule has 1 aromatic carbocycles. The number of anilines is 1. The molecule has 3 rings (SSSR count). The molecule has 9 heteroatoms. The van der Waals surface area contributed by atoms with Crippen LogP contribution < -0.4 is 10.1 Å². The first-order valence-electron chi connectivity index (χ1n) is 7.63. The van der Waals surface area contributed by atoms with Crippen molar-refractivity contribution >= 4 is 35.0 Å². The molecule has 1 N–H and O–H groups in total. The summed E-state index contributed by atoms with van der Waals surface area (Å²) in [5.74, 6) is 0.870. The van der Waals surface area contributed by atoms with Gasteiger partial charge in [0.2, 0.25) is 11.8 Å². The molecule has 2 aromatic heterocycles. The number of thioether (sulfide) groups is 1. The first-order valence-corrected chi connectivity index (χ1v) is 8.88. The van der Waals surface area contributed by atoms with Gasteiger partial charge in [0.1, 0.15) is 5.75 Å². The summed E-state index contributed by atoms with van der Waals surface area (Å²) in [4.78, 5) is 16.2. The van der Waals surface area contributed by atoms with Crippen molar-refractivity contribution in [2.24, 2.45) is 0 Å². The average molecular weight is 391 g/mol. The zero-order chi connectivity index (χ0) is 18.5. The summed E-state index contributed by atoms with van der Waals surface area (Å²) in [5.41, 5.74) is 1.22. The molecule has 0 aliphatic heterocycles. The van der Waals surface area contributed by atoms with Gasteiger partial charge < -0.3 is 14.5 Å². The molecule has 0 aliphatic rings. The second kappa shape index (κ2) is 8.20. The second-order valence-electron chi connectivity index (χ2n) is 5.19. The van der Waals surface area contributed by atoms with Crippen LogP contribution in [0.1, 0.15) is 6.92 Å². The van der Waals surface area contributed by atoms with Gasteiger partial charge in [0.25, 0.3) is 5.22 Å². The summed E-state index contributed by atoms with van der Waals surface area (Å²) in [5, 5.41) is 10.8. The van der Waals surface area contributed by atoms with E-state index in [1.807, 2.05) is 12.1 Å². The molecular weight excluding hydrogens is 376 g/mol. The van der Waals surface area contributed by atoms with Crippen LogP contribution in [0.15, 0.2) is 52.2 Å². The third-order valence-electron chi connectivity index (χ3n) is 3.41. The highest BCUT2D eigenvalue weighted by Crippen LogP contribution is 2.28. The number of hydrogen-bond donors (Lipinski definition) is 1. The van der Waals surface area contributed by atoms with Gasteiger partial charge >= 0.3 is 0 Å². The Bertz CT molecular complexity index is 901. The Kier molecular flexibility index (Phi) is 5.75. The van der Waals surface area contributed by atoms with Gasteiger partial charge in [0, 0.05) is 11.8 Å². The first kappa shape index (κ1) is 18.2. The molecule has 0 saturated carbocycles. The Balaban J connectivity index is 1.64. The smallest absolute Gasteiger partial charge is 0.277 e. The van der Waals surface area contributed by atoms with E-state index < -0.39 is 5.25 Å². The lowest BCUT2D eigenvalue weighted by Gasteiger charge is -2.10. The summed E-state index contributed by atoms with van der Waals surface area (Å²) in [7, 11) is 1.60. The summed E-state index contributed by atoms with van der Waals surface area (Å²) in [6.45, 7) is 1.74. The molecule has 0 bridgehead atoms. The zero-order valence-electron chi connectivity index (χ0n) is 14.0. The molecule has 0 aliphatic carbocycles. The van der Waals surface area contributed by atoms with Gasteiger partial charge in [-0.1, -0.05) is 23.4 Å². The standard InChI is InChI=1S/C17H15ClN4O3S/c1-10(15(23)20-13-4-3-9-19-14(13)18)26-17-22-21-16(25-17)11-5-7-12(24-2)8-6-11/h3-10H,1-2H3,(H,20,23)/t10-/m0/s1. The van der Waals surface area contributed by atoms with Crippen LogP contribution in [-0.2, 0) is 4.79 Å². The topological polar surface area (TPSA) is 90.1 Å². The zero-order valence-corrected chi connectivity index (χ0v) is 15.5. The number of amides is 1. The van der Waals surface area contributed by atoms with E-state index in [1.54, 1.807) is 44.5 Å². The van der Waals surface area contributed by atoms with Crippen molar-refractivity contribution in [2.75, 3.05) is 12.4 Å². The van der Waals surface area contributed by atoms with E-state index in [1.165, 1.54) is 0 Å². The summed E-state index contributed by atoms with van der Waals surface area (Å²) in [6, 6.07) is 10.6. The van der Waals surface area contributed by atoms with E-state index in [-0.39, 0.29) is 11.1 Å². The van der Waals surface area contributed by atoms with Crippen molar-refractivity contribution < 1.29 is 13.9 Å². The van der Waals surface area contributed by atoms with E-state index in [0.717, 1.165) is 23.1 Å². The third kappa shape index (κ3) is 4.33. The summed E-state index contributed by atoms with van der Waals surface area (Å²) in [6.07, 6.45) is 1.55. The Morgan fingerprint density at radius 2 is 2.04 bits per heavy atom. The number of carbonyl (C=O) groups excluding carboxylic acids is 1. The highest BCUT2D eigenvalue weighted by Gasteiger charge is 2.19. The van der Waals surface area contributed by atoms with Gasteiger partial charge in [-0.2, -0.15) is 0 Å². The normalized spacial score (nSPS) is 11.8. The number of carbonyl (C=O) groups is 1. The molecule has 1 amide bonds. The van der Waals surface area contributed by atoms with Crippen LogP contribution in [-0.4, -0.2) is 33.4 Å². The van der Waals surface area contributed by atoms with Gasteiger partial charge in [0.05, 0.1) is 18.0 Å². The molecule has 1 atom stereocenters. The minimum atomic E-state index is -0.463. The molecule has 134 valence electrons. The summed E-state index contributed by atoms with van der Waals surface area (Å²) < 4.78 is 10.7. The highest BCUT2D eigenvalue weighted by atomic mass is 35.5. The van der Waals surface area contributed by atoms with Crippen molar-refractivity contribution in [3.63, 3.8) is 0 Å². The minimum Gasteiger partial charge on any atom is -0.497 e. The first-order chi connectivity index (χ1) is 12.6. The van der Waals surface area contributed by atoms with E-state index >= 15 is 0 Å². The lowest BCUT2D eigenvalue weighted by Crippen LogP contribution is -2.22. The lowest BCUT2D eigenvalue weighted by molar-refractivity contribution is -0.115. The molecule has 3 aromatic rings. The molecule has 0 unspecified atom stereocenters. The predicted molar refractivity (Wildman–Crippen MR) is 99.5 cm³/mol. The Morgan fingerprint density at radius 3 is 2.73 bits per heavy atom. The Morgan fingerprint density at radius 1 is 1.27 bits per heavy atom. The van der Waals surface area contributed by atoms with Crippen LogP contribution in [0.25, 0.3) is 11.5 Å².